The molecule has 1 fully saturated rings. The summed E-state index contributed by atoms with van der Waals surface area (Å²) in [6, 6.07) is 8.13. The van der Waals surface area contributed by atoms with Crippen LogP contribution in [-0.2, 0) is 11.3 Å². The summed E-state index contributed by atoms with van der Waals surface area (Å²) in [4.78, 5) is 32.6. The second kappa shape index (κ2) is 9.07. The molecular formula is C21H25ClN4O2S. The van der Waals surface area contributed by atoms with Crippen molar-refractivity contribution in [1.82, 2.24) is 14.5 Å². The highest BCUT2D eigenvalue weighted by Crippen LogP contribution is 2.30. The number of amides is 1. The molecule has 29 heavy (non-hydrogen) atoms. The Labute approximate surface area is 179 Å². The third kappa shape index (κ3) is 4.37. The van der Waals surface area contributed by atoms with Crippen molar-refractivity contribution in [2.75, 3.05) is 19.6 Å². The van der Waals surface area contributed by atoms with E-state index < -0.39 is 0 Å². The molecule has 1 aliphatic rings. The van der Waals surface area contributed by atoms with Crippen LogP contribution in [0.1, 0.15) is 18.4 Å². The molecule has 154 valence electrons. The zero-order valence-corrected chi connectivity index (χ0v) is 18.0. The molecule has 1 aliphatic heterocycles. The molecule has 0 aliphatic carbocycles. The Morgan fingerprint density at radius 2 is 2.07 bits per heavy atom. The van der Waals surface area contributed by atoms with Gasteiger partial charge in [-0.3, -0.25) is 14.2 Å². The van der Waals surface area contributed by atoms with E-state index in [9.17, 15) is 9.59 Å². The average molecular weight is 433 g/mol. The summed E-state index contributed by atoms with van der Waals surface area (Å²) in [5.41, 5.74) is 8.71. The maximum absolute atomic E-state index is 13.1. The normalized spacial score (nSPS) is 16.2. The van der Waals surface area contributed by atoms with Crippen LogP contribution in [0.3, 0.4) is 0 Å². The van der Waals surface area contributed by atoms with Gasteiger partial charge in [-0.25, -0.2) is 4.98 Å². The van der Waals surface area contributed by atoms with Gasteiger partial charge in [0.2, 0.25) is 5.91 Å². The number of fused-ring (bicyclic) bond motifs is 1. The minimum absolute atomic E-state index is 0. The van der Waals surface area contributed by atoms with Crippen molar-refractivity contribution in [3.63, 3.8) is 0 Å². The van der Waals surface area contributed by atoms with Gasteiger partial charge in [-0.2, -0.15) is 0 Å². The monoisotopic (exact) mass is 432 g/mol. The number of likely N-dealkylation sites (tertiary alicyclic amines) is 1. The lowest BCUT2D eigenvalue weighted by atomic mass is 10.1. The number of nitrogens with zero attached hydrogens (tertiary/aromatic N) is 3. The molecule has 1 amide bonds. The number of nitrogens with two attached hydrogens (primary N) is 1. The Bertz CT molecular complexity index is 1060. The summed E-state index contributed by atoms with van der Waals surface area (Å²) in [6.45, 7) is 4.48. The fourth-order valence-corrected chi connectivity index (χ4v) is 4.60. The molecule has 3 aromatic rings. The predicted molar refractivity (Wildman–Crippen MR) is 120 cm³/mol. The first-order valence-electron chi connectivity index (χ1n) is 9.58. The molecule has 1 atom stereocenters. The Morgan fingerprint density at radius 1 is 1.31 bits per heavy atom. The van der Waals surface area contributed by atoms with Gasteiger partial charge in [-0.1, -0.05) is 29.8 Å². The van der Waals surface area contributed by atoms with Gasteiger partial charge in [0.25, 0.3) is 5.56 Å². The number of hydrogen-bond donors (Lipinski definition) is 1. The van der Waals surface area contributed by atoms with Crippen molar-refractivity contribution in [1.29, 1.82) is 0 Å². The fraction of sp³-hybridized carbons (Fsp3) is 0.381. The molecule has 0 spiro atoms. The van der Waals surface area contributed by atoms with Crippen LogP contribution in [0.15, 0.2) is 40.8 Å². The van der Waals surface area contributed by atoms with E-state index in [1.807, 2.05) is 41.5 Å². The number of benzene rings is 1. The number of thiophene rings is 1. The van der Waals surface area contributed by atoms with Crippen molar-refractivity contribution in [2.24, 2.45) is 11.7 Å². The van der Waals surface area contributed by atoms with Crippen LogP contribution in [0.4, 0.5) is 0 Å². The minimum Gasteiger partial charge on any atom is -0.342 e. The lowest BCUT2D eigenvalue weighted by Crippen LogP contribution is -2.31. The maximum Gasteiger partial charge on any atom is 0.262 e. The molecule has 4 rings (SSSR count). The summed E-state index contributed by atoms with van der Waals surface area (Å²) in [7, 11) is 0. The molecule has 1 saturated heterocycles. The van der Waals surface area contributed by atoms with Gasteiger partial charge in [-0.15, -0.1) is 23.7 Å². The van der Waals surface area contributed by atoms with Crippen molar-refractivity contribution in [3.05, 3.63) is 51.9 Å². The summed E-state index contributed by atoms with van der Waals surface area (Å²) in [5.74, 6) is 0.472. The van der Waals surface area contributed by atoms with Gasteiger partial charge in [0.15, 0.2) is 0 Å². The number of rotatable bonds is 5. The van der Waals surface area contributed by atoms with Crippen LogP contribution in [0.5, 0.6) is 0 Å². The lowest BCUT2D eigenvalue weighted by Gasteiger charge is -2.16. The summed E-state index contributed by atoms with van der Waals surface area (Å²) >= 11 is 1.47. The highest BCUT2D eigenvalue weighted by molar-refractivity contribution is 7.17. The average Bonchev–Trinajstić information content (AvgIpc) is 3.35. The lowest BCUT2D eigenvalue weighted by molar-refractivity contribution is -0.130. The van der Waals surface area contributed by atoms with Crippen LogP contribution in [-0.4, -0.2) is 40.0 Å². The van der Waals surface area contributed by atoms with E-state index in [2.05, 4.69) is 4.98 Å². The van der Waals surface area contributed by atoms with Crippen LogP contribution >= 0.6 is 23.7 Å². The predicted octanol–water partition coefficient (Wildman–Crippen LogP) is 3.05. The zero-order valence-electron chi connectivity index (χ0n) is 16.3. The van der Waals surface area contributed by atoms with E-state index in [0.717, 1.165) is 35.5 Å². The minimum atomic E-state index is -0.0871. The van der Waals surface area contributed by atoms with Gasteiger partial charge in [0.05, 0.1) is 11.7 Å². The smallest absolute Gasteiger partial charge is 0.262 e. The van der Waals surface area contributed by atoms with E-state index in [1.165, 1.54) is 16.9 Å². The van der Waals surface area contributed by atoms with Gasteiger partial charge < -0.3 is 10.6 Å². The summed E-state index contributed by atoms with van der Waals surface area (Å²) < 4.78 is 1.56. The Balaban J connectivity index is 0.00000240. The van der Waals surface area contributed by atoms with Crippen LogP contribution in [0.25, 0.3) is 21.3 Å². The van der Waals surface area contributed by atoms with Crippen LogP contribution in [0, 0.1) is 12.8 Å². The molecule has 3 heterocycles. The SMILES string of the molecule is Cc1ccc(-c2csc3ncn(CCC(=O)N4CCC(CN)C4)c(=O)c23)cc1.Cl. The molecule has 0 radical (unpaired) electrons. The van der Waals surface area contributed by atoms with Gasteiger partial charge in [0.1, 0.15) is 4.83 Å². The van der Waals surface area contributed by atoms with Crippen molar-refractivity contribution in [3.8, 4) is 11.1 Å². The second-order valence-corrected chi connectivity index (χ2v) is 8.28. The topological polar surface area (TPSA) is 81.2 Å². The van der Waals surface area contributed by atoms with E-state index in [0.29, 0.717) is 30.8 Å². The second-order valence-electron chi connectivity index (χ2n) is 7.42. The van der Waals surface area contributed by atoms with Crippen molar-refractivity contribution >= 4 is 39.9 Å². The van der Waals surface area contributed by atoms with E-state index >= 15 is 0 Å². The van der Waals surface area contributed by atoms with Crippen molar-refractivity contribution in [2.45, 2.75) is 26.3 Å². The summed E-state index contributed by atoms with van der Waals surface area (Å²) in [5, 5.41) is 2.62. The third-order valence-corrected chi connectivity index (χ3v) is 6.35. The molecule has 1 unspecified atom stereocenters. The largest absolute Gasteiger partial charge is 0.342 e. The van der Waals surface area contributed by atoms with Crippen LogP contribution in [0.2, 0.25) is 0 Å². The fourth-order valence-electron chi connectivity index (χ4n) is 3.70. The van der Waals surface area contributed by atoms with E-state index in [4.69, 9.17) is 5.73 Å². The molecule has 0 bridgehead atoms. The highest BCUT2D eigenvalue weighted by Gasteiger charge is 2.25. The maximum atomic E-state index is 13.1. The third-order valence-electron chi connectivity index (χ3n) is 5.46. The number of aryl methyl sites for hydroxylation is 2. The molecule has 2 aromatic heterocycles. The van der Waals surface area contributed by atoms with Gasteiger partial charge >= 0.3 is 0 Å². The Kier molecular flexibility index (Phi) is 6.72. The van der Waals surface area contributed by atoms with E-state index in [1.54, 1.807) is 10.9 Å². The number of carbonyl (C=O) groups excluding carboxylic acids is 1. The first-order chi connectivity index (χ1) is 13.6. The molecular weight excluding hydrogens is 408 g/mol. The van der Waals surface area contributed by atoms with Crippen molar-refractivity contribution < 1.29 is 4.79 Å². The first kappa shape index (κ1) is 21.5. The molecule has 1 aromatic carbocycles. The highest BCUT2D eigenvalue weighted by atomic mass is 35.5. The number of hydrogen-bond acceptors (Lipinski definition) is 5. The van der Waals surface area contributed by atoms with Crippen LogP contribution < -0.4 is 11.3 Å². The number of aromatic nitrogens is 2. The quantitative estimate of drug-likeness (QED) is 0.671. The van der Waals surface area contributed by atoms with Gasteiger partial charge in [-0.05, 0) is 31.4 Å². The molecule has 2 N–H and O–H groups in total. The van der Waals surface area contributed by atoms with Gasteiger partial charge in [0, 0.05) is 37.0 Å². The molecule has 8 heteroatoms. The first-order valence-corrected chi connectivity index (χ1v) is 10.5. The Hall–Kier alpha value is -2.22. The number of carbonyl (C=O) groups is 1. The zero-order chi connectivity index (χ0) is 19.7. The Morgan fingerprint density at radius 3 is 2.76 bits per heavy atom. The summed E-state index contributed by atoms with van der Waals surface area (Å²) in [6.07, 6.45) is 2.82. The standard InChI is InChI=1S/C21H24N4O2S.ClH/c1-14-2-4-16(5-3-14)17-12-28-20-19(17)21(27)25(13-23-20)9-7-18(26)24-8-6-15(10-22)11-24;/h2-5,12-13,15H,6-11,22H2,1H3;1H. The molecule has 0 saturated carbocycles. The van der Waals surface area contributed by atoms with E-state index in [-0.39, 0.29) is 23.9 Å². The molecule has 6 nitrogen and oxygen atoms in total. The number of halogens is 1.